The van der Waals surface area contributed by atoms with Crippen LogP contribution in [0.3, 0.4) is 0 Å². The van der Waals surface area contributed by atoms with E-state index >= 15 is 0 Å². The lowest BCUT2D eigenvalue weighted by Gasteiger charge is -2.13. The molecule has 1 unspecified atom stereocenters. The summed E-state index contributed by atoms with van der Waals surface area (Å²) in [5.41, 5.74) is 3.83. The molecule has 1 aromatic heterocycles. The van der Waals surface area contributed by atoms with Crippen molar-refractivity contribution in [3.8, 4) is 0 Å². The predicted octanol–water partition coefficient (Wildman–Crippen LogP) is 4.91. The molecule has 0 saturated carbocycles. The highest BCUT2D eigenvalue weighted by molar-refractivity contribution is 7.99. The molecule has 112 valence electrons. The number of aryl methyl sites for hydroxylation is 2. The standard InChI is InChI=1S/C18H24N2S/c1-5-10-19-15(4)16-8-9-18(20-12-16)21-17-11-13(2)6-7-14(17)3/h6-9,11-12,15,19H,5,10H2,1-4H3. The van der Waals surface area contributed by atoms with Crippen LogP contribution in [0.5, 0.6) is 0 Å². The average molecular weight is 300 g/mol. The Hall–Kier alpha value is -1.32. The van der Waals surface area contributed by atoms with E-state index in [9.17, 15) is 0 Å². The first-order valence-corrected chi connectivity index (χ1v) is 8.36. The molecular formula is C18H24N2S. The smallest absolute Gasteiger partial charge is 0.101 e. The third kappa shape index (κ3) is 4.58. The predicted molar refractivity (Wildman–Crippen MR) is 91.0 cm³/mol. The number of nitrogens with one attached hydrogen (secondary N) is 1. The van der Waals surface area contributed by atoms with Crippen LogP contribution in [0.1, 0.15) is 43.0 Å². The van der Waals surface area contributed by atoms with Crippen molar-refractivity contribution in [3.63, 3.8) is 0 Å². The highest BCUT2D eigenvalue weighted by Crippen LogP contribution is 2.30. The van der Waals surface area contributed by atoms with Crippen molar-refractivity contribution in [1.82, 2.24) is 10.3 Å². The zero-order valence-electron chi connectivity index (χ0n) is 13.3. The summed E-state index contributed by atoms with van der Waals surface area (Å²) in [7, 11) is 0. The van der Waals surface area contributed by atoms with E-state index in [-0.39, 0.29) is 0 Å². The van der Waals surface area contributed by atoms with Gasteiger partial charge in [-0.25, -0.2) is 4.98 Å². The zero-order valence-corrected chi connectivity index (χ0v) is 14.1. The van der Waals surface area contributed by atoms with Gasteiger partial charge in [0.15, 0.2) is 0 Å². The van der Waals surface area contributed by atoms with E-state index < -0.39 is 0 Å². The van der Waals surface area contributed by atoms with Gasteiger partial charge in [-0.3, -0.25) is 0 Å². The number of hydrogen-bond donors (Lipinski definition) is 1. The topological polar surface area (TPSA) is 24.9 Å². The Kier molecular flexibility index (Phi) is 5.83. The van der Waals surface area contributed by atoms with Gasteiger partial charge in [-0.05, 0) is 62.6 Å². The summed E-state index contributed by atoms with van der Waals surface area (Å²) in [4.78, 5) is 5.88. The third-order valence-corrected chi connectivity index (χ3v) is 4.63. The second kappa shape index (κ2) is 7.62. The van der Waals surface area contributed by atoms with Gasteiger partial charge in [0.25, 0.3) is 0 Å². The van der Waals surface area contributed by atoms with Crippen LogP contribution < -0.4 is 5.32 Å². The summed E-state index contributed by atoms with van der Waals surface area (Å²) in [6.45, 7) is 9.68. The largest absolute Gasteiger partial charge is 0.310 e. The van der Waals surface area contributed by atoms with E-state index in [1.54, 1.807) is 11.8 Å². The van der Waals surface area contributed by atoms with Crippen LogP contribution >= 0.6 is 11.8 Å². The van der Waals surface area contributed by atoms with E-state index in [4.69, 9.17) is 0 Å². The summed E-state index contributed by atoms with van der Waals surface area (Å²) in [6, 6.07) is 11.2. The molecule has 2 rings (SSSR count). The second-order valence-electron chi connectivity index (χ2n) is 5.48. The van der Waals surface area contributed by atoms with Crippen molar-refractivity contribution in [1.29, 1.82) is 0 Å². The minimum Gasteiger partial charge on any atom is -0.310 e. The Bertz CT molecular complexity index is 578. The van der Waals surface area contributed by atoms with Crippen molar-refractivity contribution in [2.75, 3.05) is 6.54 Å². The molecule has 2 nitrogen and oxygen atoms in total. The minimum absolute atomic E-state index is 0.359. The maximum Gasteiger partial charge on any atom is 0.101 e. The van der Waals surface area contributed by atoms with Crippen LogP contribution in [0, 0.1) is 13.8 Å². The molecule has 1 N–H and O–H groups in total. The molecule has 1 heterocycles. The van der Waals surface area contributed by atoms with Gasteiger partial charge in [0, 0.05) is 17.1 Å². The number of aromatic nitrogens is 1. The number of benzene rings is 1. The lowest BCUT2D eigenvalue weighted by atomic mass is 10.1. The summed E-state index contributed by atoms with van der Waals surface area (Å²) >= 11 is 1.74. The second-order valence-corrected chi connectivity index (χ2v) is 6.54. The minimum atomic E-state index is 0.359. The summed E-state index contributed by atoms with van der Waals surface area (Å²) in [5, 5.41) is 4.54. The van der Waals surface area contributed by atoms with E-state index in [0.29, 0.717) is 6.04 Å². The maximum absolute atomic E-state index is 4.60. The first kappa shape index (κ1) is 16.1. The number of pyridine rings is 1. The summed E-state index contributed by atoms with van der Waals surface area (Å²) in [6.07, 6.45) is 3.14. The van der Waals surface area contributed by atoms with Crippen molar-refractivity contribution in [3.05, 3.63) is 53.2 Å². The molecule has 0 spiro atoms. The lowest BCUT2D eigenvalue weighted by Crippen LogP contribution is -2.19. The van der Waals surface area contributed by atoms with E-state index in [0.717, 1.165) is 18.0 Å². The van der Waals surface area contributed by atoms with Gasteiger partial charge in [-0.2, -0.15) is 0 Å². The Morgan fingerprint density at radius 2 is 2.00 bits per heavy atom. The molecule has 21 heavy (non-hydrogen) atoms. The maximum atomic E-state index is 4.60. The van der Waals surface area contributed by atoms with Gasteiger partial charge in [0.1, 0.15) is 5.03 Å². The van der Waals surface area contributed by atoms with E-state index in [2.05, 4.69) is 68.3 Å². The molecule has 0 radical (unpaired) electrons. The quantitative estimate of drug-likeness (QED) is 0.820. The van der Waals surface area contributed by atoms with Crippen molar-refractivity contribution in [2.45, 2.75) is 50.1 Å². The number of hydrogen-bond acceptors (Lipinski definition) is 3. The van der Waals surface area contributed by atoms with Crippen molar-refractivity contribution < 1.29 is 0 Å². The zero-order chi connectivity index (χ0) is 15.2. The Labute approximate surface area is 132 Å². The molecule has 0 aliphatic heterocycles. The van der Waals surface area contributed by atoms with Crippen LogP contribution in [0.15, 0.2) is 46.5 Å². The van der Waals surface area contributed by atoms with E-state index in [1.807, 2.05) is 6.20 Å². The van der Waals surface area contributed by atoms with Gasteiger partial charge in [0.2, 0.25) is 0 Å². The Morgan fingerprint density at radius 1 is 1.19 bits per heavy atom. The molecule has 0 aliphatic rings. The highest BCUT2D eigenvalue weighted by atomic mass is 32.2. The van der Waals surface area contributed by atoms with Crippen LogP contribution in [0.25, 0.3) is 0 Å². The molecule has 3 heteroatoms. The molecule has 1 aromatic carbocycles. The van der Waals surface area contributed by atoms with Gasteiger partial charge >= 0.3 is 0 Å². The van der Waals surface area contributed by atoms with Crippen LogP contribution in [-0.4, -0.2) is 11.5 Å². The van der Waals surface area contributed by atoms with E-state index in [1.165, 1.54) is 21.6 Å². The van der Waals surface area contributed by atoms with Crippen LogP contribution in [-0.2, 0) is 0 Å². The fourth-order valence-corrected chi connectivity index (χ4v) is 3.06. The van der Waals surface area contributed by atoms with Crippen molar-refractivity contribution >= 4 is 11.8 Å². The Morgan fingerprint density at radius 3 is 2.67 bits per heavy atom. The normalized spacial score (nSPS) is 12.4. The van der Waals surface area contributed by atoms with Gasteiger partial charge < -0.3 is 5.32 Å². The molecule has 1 atom stereocenters. The number of nitrogens with zero attached hydrogens (tertiary/aromatic N) is 1. The van der Waals surface area contributed by atoms with Crippen LogP contribution in [0.4, 0.5) is 0 Å². The average Bonchev–Trinajstić information content (AvgIpc) is 2.49. The monoisotopic (exact) mass is 300 g/mol. The fraction of sp³-hybridized carbons (Fsp3) is 0.389. The van der Waals surface area contributed by atoms with Gasteiger partial charge in [-0.15, -0.1) is 0 Å². The molecule has 0 saturated heterocycles. The SMILES string of the molecule is CCCNC(C)c1ccc(Sc2cc(C)ccc2C)nc1. The molecule has 0 bridgehead atoms. The summed E-state index contributed by atoms with van der Waals surface area (Å²) in [5.74, 6) is 0. The molecular weight excluding hydrogens is 276 g/mol. The highest BCUT2D eigenvalue weighted by Gasteiger charge is 2.06. The molecule has 0 amide bonds. The Balaban J connectivity index is 2.07. The first-order valence-electron chi connectivity index (χ1n) is 7.54. The third-order valence-electron chi connectivity index (χ3n) is 3.52. The molecule has 0 fully saturated rings. The van der Waals surface area contributed by atoms with Crippen LogP contribution in [0.2, 0.25) is 0 Å². The lowest BCUT2D eigenvalue weighted by molar-refractivity contribution is 0.568. The molecule has 0 aliphatic carbocycles. The molecule has 2 aromatic rings. The van der Waals surface area contributed by atoms with Gasteiger partial charge in [0.05, 0.1) is 0 Å². The summed E-state index contributed by atoms with van der Waals surface area (Å²) < 4.78 is 0. The fourth-order valence-electron chi connectivity index (χ4n) is 2.12. The number of rotatable bonds is 6. The first-order chi connectivity index (χ1) is 10.1. The van der Waals surface area contributed by atoms with Gasteiger partial charge in [-0.1, -0.05) is 36.9 Å². The van der Waals surface area contributed by atoms with Crippen molar-refractivity contribution in [2.24, 2.45) is 0 Å².